The van der Waals surface area contributed by atoms with Gasteiger partial charge < -0.3 is 24.0 Å². The van der Waals surface area contributed by atoms with Crippen LogP contribution in [0.3, 0.4) is 0 Å². The Morgan fingerprint density at radius 3 is 2.33 bits per heavy atom. The van der Waals surface area contributed by atoms with Crippen molar-refractivity contribution in [1.82, 2.24) is 0 Å². The fourth-order valence-corrected chi connectivity index (χ4v) is 2.34. The molecule has 0 radical (unpaired) electrons. The molecular formula is C9H7IOTe. The molecular weight excluding hydrogens is 379 g/mol. The average molecular weight is 386 g/mol. The van der Waals surface area contributed by atoms with Crippen LogP contribution in [0, 0.1) is 0 Å². The number of hydrogen-bond donors (Lipinski definition) is 0. The zero-order chi connectivity index (χ0) is 7.52. The molecule has 0 saturated carbocycles. The molecule has 2 rings (SSSR count). The third-order valence-electron chi connectivity index (χ3n) is 1.47. The SMILES string of the molecule is [I-].c1ccc(-c2cc[te][o+]2)cc1. The summed E-state index contributed by atoms with van der Waals surface area (Å²) in [4.78, 5) is 0. The Hall–Kier alpha value is 0.150. The van der Waals surface area contributed by atoms with E-state index in [2.05, 4.69) is 22.3 Å². The first-order chi connectivity index (χ1) is 5.47. The van der Waals surface area contributed by atoms with Gasteiger partial charge in [-0.1, -0.05) is 0 Å². The molecule has 0 saturated heterocycles. The molecule has 0 amide bonds. The summed E-state index contributed by atoms with van der Waals surface area (Å²) in [6, 6.07) is 12.3. The second-order valence-corrected chi connectivity index (χ2v) is 4.01. The number of rotatable bonds is 1. The summed E-state index contributed by atoms with van der Waals surface area (Å²) in [5.74, 6) is 1.04. The van der Waals surface area contributed by atoms with Crippen LogP contribution in [-0.2, 0) is 0 Å². The molecule has 3 heteroatoms. The van der Waals surface area contributed by atoms with E-state index in [9.17, 15) is 0 Å². The Morgan fingerprint density at radius 1 is 1.00 bits per heavy atom. The fraction of sp³-hybridized carbons (Fsp3) is 0. The van der Waals surface area contributed by atoms with Crippen molar-refractivity contribution in [2.45, 2.75) is 0 Å². The predicted octanol–water partition coefficient (Wildman–Crippen LogP) is -0.711. The molecule has 0 bridgehead atoms. The summed E-state index contributed by atoms with van der Waals surface area (Å²) >= 11 is -0.297. The average Bonchev–Trinajstić information content (AvgIpc) is 2.58. The second-order valence-electron chi connectivity index (χ2n) is 2.21. The van der Waals surface area contributed by atoms with Crippen LogP contribution in [0.1, 0.15) is 0 Å². The van der Waals surface area contributed by atoms with Gasteiger partial charge in [0.05, 0.1) is 0 Å². The van der Waals surface area contributed by atoms with E-state index in [1.165, 1.54) is 5.56 Å². The van der Waals surface area contributed by atoms with Crippen molar-refractivity contribution in [2.24, 2.45) is 0 Å². The van der Waals surface area contributed by atoms with Crippen LogP contribution in [0.5, 0.6) is 0 Å². The van der Waals surface area contributed by atoms with Crippen LogP contribution in [-0.4, -0.2) is 20.9 Å². The Morgan fingerprint density at radius 2 is 1.75 bits per heavy atom. The van der Waals surface area contributed by atoms with Gasteiger partial charge in [-0.05, 0) is 0 Å². The van der Waals surface area contributed by atoms with E-state index < -0.39 is 0 Å². The van der Waals surface area contributed by atoms with E-state index in [4.69, 9.17) is 2.76 Å². The van der Waals surface area contributed by atoms with Crippen LogP contribution in [0.25, 0.3) is 11.3 Å². The number of hydrogen-bond acceptors (Lipinski definition) is 0. The molecule has 0 unspecified atom stereocenters. The van der Waals surface area contributed by atoms with Crippen molar-refractivity contribution in [3.05, 3.63) is 40.5 Å². The van der Waals surface area contributed by atoms with Gasteiger partial charge in [0.25, 0.3) is 0 Å². The molecule has 2 aromatic rings. The first-order valence-electron chi connectivity index (χ1n) is 3.39. The monoisotopic (exact) mass is 388 g/mol. The van der Waals surface area contributed by atoms with Crippen LogP contribution >= 0.6 is 0 Å². The number of halogens is 1. The molecule has 1 aromatic carbocycles. The van der Waals surface area contributed by atoms with Crippen molar-refractivity contribution in [3.8, 4) is 11.3 Å². The van der Waals surface area contributed by atoms with Gasteiger partial charge in [-0.2, -0.15) is 0 Å². The molecule has 1 heterocycles. The predicted molar refractivity (Wildman–Crippen MR) is 45.5 cm³/mol. The van der Waals surface area contributed by atoms with Crippen molar-refractivity contribution < 1.29 is 26.7 Å². The third kappa shape index (κ3) is 2.32. The van der Waals surface area contributed by atoms with E-state index in [1.54, 1.807) is 0 Å². The summed E-state index contributed by atoms with van der Waals surface area (Å²) in [7, 11) is 0. The first kappa shape index (κ1) is 10.2. The minimum atomic E-state index is -0.297. The summed E-state index contributed by atoms with van der Waals surface area (Å²) in [6.45, 7) is 0. The zero-order valence-corrected chi connectivity index (χ0v) is 10.7. The van der Waals surface area contributed by atoms with E-state index in [0.717, 1.165) is 5.76 Å². The number of benzene rings is 1. The quantitative estimate of drug-likeness (QED) is 0.359. The van der Waals surface area contributed by atoms with Crippen LogP contribution < -0.4 is 24.0 Å². The molecule has 0 N–H and O–H groups in total. The van der Waals surface area contributed by atoms with E-state index in [1.807, 2.05) is 18.2 Å². The fourth-order valence-electron chi connectivity index (χ4n) is 0.944. The first-order valence-corrected chi connectivity index (χ1v) is 5.69. The van der Waals surface area contributed by atoms with Gasteiger partial charge in [-0.25, -0.2) is 0 Å². The molecule has 62 valence electrons. The van der Waals surface area contributed by atoms with Crippen molar-refractivity contribution in [2.75, 3.05) is 0 Å². The molecule has 0 aliphatic carbocycles. The zero-order valence-electron chi connectivity index (χ0n) is 6.24. The van der Waals surface area contributed by atoms with Gasteiger partial charge in [-0.15, -0.1) is 0 Å². The molecule has 1 aromatic heterocycles. The van der Waals surface area contributed by atoms with E-state index in [-0.39, 0.29) is 44.8 Å². The van der Waals surface area contributed by atoms with Gasteiger partial charge in [0.1, 0.15) is 0 Å². The minimum absolute atomic E-state index is 0. The summed E-state index contributed by atoms with van der Waals surface area (Å²) in [6.07, 6.45) is 0. The van der Waals surface area contributed by atoms with Crippen molar-refractivity contribution >= 4 is 20.9 Å². The molecule has 0 aliphatic heterocycles. The molecule has 0 aliphatic rings. The van der Waals surface area contributed by atoms with Crippen LogP contribution in [0.4, 0.5) is 0 Å². The van der Waals surface area contributed by atoms with Crippen molar-refractivity contribution in [3.63, 3.8) is 0 Å². The van der Waals surface area contributed by atoms with Gasteiger partial charge in [0.2, 0.25) is 0 Å². The van der Waals surface area contributed by atoms with Crippen LogP contribution in [0.2, 0.25) is 0 Å². The topological polar surface area (TPSA) is 11.3 Å². The summed E-state index contributed by atoms with van der Waals surface area (Å²) < 4.78 is 7.62. The normalized spacial score (nSPS) is 9.00. The Kier molecular flexibility index (Phi) is 4.27. The maximum atomic E-state index is 5.47. The third-order valence-corrected chi connectivity index (χ3v) is 2.96. The van der Waals surface area contributed by atoms with Crippen molar-refractivity contribution in [1.29, 1.82) is 0 Å². The molecule has 0 spiro atoms. The summed E-state index contributed by atoms with van der Waals surface area (Å²) in [5, 5.41) is 0. The Bertz CT molecular complexity index is 318. The van der Waals surface area contributed by atoms with E-state index >= 15 is 0 Å². The Labute approximate surface area is 98.6 Å². The molecule has 0 fully saturated rings. The molecule has 0 atom stereocenters. The van der Waals surface area contributed by atoms with Gasteiger partial charge in [0.15, 0.2) is 0 Å². The maximum absolute atomic E-state index is 5.47. The molecule has 1 nitrogen and oxygen atoms in total. The van der Waals surface area contributed by atoms with Gasteiger partial charge in [0, 0.05) is 0 Å². The summed E-state index contributed by atoms with van der Waals surface area (Å²) in [5.41, 5.74) is 1.19. The van der Waals surface area contributed by atoms with Gasteiger partial charge in [-0.3, -0.25) is 0 Å². The standard InChI is InChI=1S/C9H7OTe.HI/c1-2-4-8(5-3-1)9-6-7-11-10-9;/h1-7H;1H/q+1;/p-1. The van der Waals surface area contributed by atoms with Crippen LogP contribution in [0.15, 0.2) is 43.2 Å². The second kappa shape index (κ2) is 5.00. The van der Waals surface area contributed by atoms with E-state index in [0.29, 0.717) is 0 Å². The molecule has 12 heavy (non-hydrogen) atoms. The van der Waals surface area contributed by atoms with Gasteiger partial charge >= 0.3 is 75.4 Å². The Balaban J connectivity index is 0.000000720.